The van der Waals surface area contributed by atoms with E-state index in [0.717, 1.165) is 17.8 Å². The van der Waals surface area contributed by atoms with E-state index in [9.17, 15) is 9.59 Å². The van der Waals surface area contributed by atoms with Gasteiger partial charge >= 0.3 is 6.03 Å². The Hall–Kier alpha value is -2.86. The molecule has 6 heteroatoms. The lowest BCUT2D eigenvalue weighted by Crippen LogP contribution is -2.46. The third-order valence-electron chi connectivity index (χ3n) is 6.02. The first-order chi connectivity index (χ1) is 14.9. The van der Waals surface area contributed by atoms with E-state index in [1.165, 1.54) is 5.56 Å². The molecular weight excluding hydrogens is 388 g/mol. The third kappa shape index (κ3) is 6.82. The minimum absolute atomic E-state index is 0.0327. The summed E-state index contributed by atoms with van der Waals surface area (Å²) in [6.07, 6.45) is 1.39. The maximum atomic E-state index is 12.6. The zero-order valence-electron chi connectivity index (χ0n) is 18.8. The highest BCUT2D eigenvalue weighted by Crippen LogP contribution is 2.19. The smallest absolute Gasteiger partial charge is 0.321 e. The molecule has 0 bridgehead atoms. The lowest BCUT2D eigenvalue weighted by atomic mass is 9.96. The number of hydrogen-bond acceptors (Lipinski definition) is 3. The zero-order valence-corrected chi connectivity index (χ0v) is 18.8. The molecule has 1 heterocycles. The number of likely N-dealkylation sites (tertiary alicyclic amines) is 1. The monoisotopic (exact) mass is 422 g/mol. The third-order valence-corrected chi connectivity index (χ3v) is 6.02. The number of aryl methyl sites for hydroxylation is 1. The Bertz CT molecular complexity index is 863. The molecule has 1 aliphatic rings. The molecule has 1 fully saturated rings. The van der Waals surface area contributed by atoms with Crippen molar-refractivity contribution in [1.82, 2.24) is 15.1 Å². The molecular formula is C25H34N4O2. The van der Waals surface area contributed by atoms with Crippen LogP contribution in [0, 0.1) is 12.8 Å². The van der Waals surface area contributed by atoms with Crippen molar-refractivity contribution in [3.8, 4) is 0 Å². The van der Waals surface area contributed by atoms with E-state index in [0.29, 0.717) is 32.5 Å². The van der Waals surface area contributed by atoms with Gasteiger partial charge in [-0.1, -0.05) is 42.5 Å². The summed E-state index contributed by atoms with van der Waals surface area (Å²) in [6, 6.07) is 18.3. The standard InChI is InChI=1S/C25H34N4O2/c1-19-8-7-11-23(16-19)27-25(31)29-14-12-22(13-15-29)24(30)26-17-20(2)28(3)18-21-9-5-4-6-10-21/h4-11,16,20,22H,12-15,17-18H2,1-3H3,(H,26,30)(H,27,31). The van der Waals surface area contributed by atoms with Gasteiger partial charge < -0.3 is 15.5 Å². The van der Waals surface area contributed by atoms with Gasteiger partial charge in [0.05, 0.1) is 0 Å². The van der Waals surface area contributed by atoms with E-state index in [2.05, 4.69) is 41.6 Å². The van der Waals surface area contributed by atoms with Crippen LogP contribution in [0.25, 0.3) is 0 Å². The van der Waals surface area contributed by atoms with E-state index in [1.54, 1.807) is 4.90 Å². The average molecular weight is 423 g/mol. The molecule has 0 aliphatic carbocycles. The van der Waals surface area contributed by atoms with Gasteiger partial charge in [-0.3, -0.25) is 9.69 Å². The van der Waals surface area contributed by atoms with Crippen LogP contribution in [0.5, 0.6) is 0 Å². The average Bonchev–Trinajstić information content (AvgIpc) is 2.78. The van der Waals surface area contributed by atoms with E-state index in [4.69, 9.17) is 0 Å². The van der Waals surface area contributed by atoms with Crippen LogP contribution >= 0.6 is 0 Å². The fourth-order valence-corrected chi connectivity index (χ4v) is 3.85. The van der Waals surface area contributed by atoms with Crippen LogP contribution < -0.4 is 10.6 Å². The van der Waals surface area contributed by atoms with Crippen molar-refractivity contribution >= 4 is 17.6 Å². The maximum Gasteiger partial charge on any atom is 0.321 e. The van der Waals surface area contributed by atoms with Crippen molar-refractivity contribution in [3.05, 3.63) is 65.7 Å². The highest BCUT2D eigenvalue weighted by atomic mass is 16.2. The van der Waals surface area contributed by atoms with Gasteiger partial charge in [0, 0.05) is 43.8 Å². The number of rotatable bonds is 7. The van der Waals surface area contributed by atoms with Gasteiger partial charge in [0.25, 0.3) is 0 Å². The Morgan fingerprint density at radius 3 is 2.48 bits per heavy atom. The van der Waals surface area contributed by atoms with Gasteiger partial charge in [-0.25, -0.2) is 4.79 Å². The summed E-state index contributed by atoms with van der Waals surface area (Å²) in [5.41, 5.74) is 3.18. The molecule has 0 aromatic heterocycles. The van der Waals surface area contributed by atoms with Crippen molar-refractivity contribution in [2.75, 3.05) is 32.0 Å². The number of urea groups is 1. The molecule has 1 saturated heterocycles. The molecule has 3 amide bonds. The lowest BCUT2D eigenvalue weighted by Gasteiger charge is -2.32. The number of nitrogens with one attached hydrogen (secondary N) is 2. The summed E-state index contributed by atoms with van der Waals surface area (Å²) >= 11 is 0. The topological polar surface area (TPSA) is 64.7 Å². The van der Waals surface area contributed by atoms with E-state index in [1.807, 2.05) is 49.4 Å². The van der Waals surface area contributed by atoms with Crippen LogP contribution in [0.3, 0.4) is 0 Å². The van der Waals surface area contributed by atoms with Crippen LogP contribution in [0.1, 0.15) is 30.9 Å². The second-order valence-electron chi connectivity index (χ2n) is 8.56. The van der Waals surface area contributed by atoms with Gasteiger partial charge in [0.15, 0.2) is 0 Å². The lowest BCUT2D eigenvalue weighted by molar-refractivity contribution is -0.126. The van der Waals surface area contributed by atoms with Gasteiger partial charge in [-0.15, -0.1) is 0 Å². The second-order valence-corrected chi connectivity index (χ2v) is 8.56. The van der Waals surface area contributed by atoms with Crippen molar-refractivity contribution in [1.29, 1.82) is 0 Å². The zero-order chi connectivity index (χ0) is 22.2. The molecule has 1 unspecified atom stereocenters. The number of nitrogens with zero attached hydrogens (tertiary/aromatic N) is 2. The predicted octanol–water partition coefficient (Wildman–Crippen LogP) is 3.88. The number of benzene rings is 2. The molecule has 166 valence electrons. The SMILES string of the molecule is Cc1cccc(NC(=O)N2CCC(C(=O)NCC(C)N(C)Cc3ccccc3)CC2)c1. The molecule has 3 rings (SSSR count). The molecule has 1 atom stereocenters. The molecule has 0 saturated carbocycles. The largest absolute Gasteiger partial charge is 0.354 e. The van der Waals surface area contributed by atoms with E-state index < -0.39 is 0 Å². The minimum atomic E-state index is -0.0967. The highest BCUT2D eigenvalue weighted by molar-refractivity contribution is 5.89. The Kier molecular flexibility index (Phi) is 8.06. The molecule has 1 aliphatic heterocycles. The first-order valence-corrected chi connectivity index (χ1v) is 11.1. The number of carbonyl (C=O) groups is 2. The quantitative estimate of drug-likeness (QED) is 0.712. The number of anilines is 1. The van der Waals surface area contributed by atoms with Crippen LogP contribution in [0.2, 0.25) is 0 Å². The van der Waals surface area contributed by atoms with Crippen LogP contribution in [0.4, 0.5) is 10.5 Å². The molecule has 2 aromatic rings. The van der Waals surface area contributed by atoms with E-state index >= 15 is 0 Å². The van der Waals surface area contributed by atoms with Gasteiger partial charge in [0.2, 0.25) is 5.91 Å². The number of likely N-dealkylation sites (N-methyl/N-ethyl adjacent to an activating group) is 1. The first-order valence-electron chi connectivity index (χ1n) is 11.1. The molecule has 2 aromatic carbocycles. The normalized spacial score (nSPS) is 15.5. The second kappa shape index (κ2) is 11.0. The highest BCUT2D eigenvalue weighted by Gasteiger charge is 2.27. The van der Waals surface area contributed by atoms with Crippen molar-refractivity contribution in [3.63, 3.8) is 0 Å². The Balaban J connectivity index is 1.39. The Morgan fingerprint density at radius 2 is 1.81 bits per heavy atom. The van der Waals surface area contributed by atoms with Crippen molar-refractivity contribution in [2.45, 2.75) is 39.3 Å². The summed E-state index contributed by atoms with van der Waals surface area (Å²) < 4.78 is 0. The molecule has 2 N–H and O–H groups in total. The van der Waals surface area contributed by atoms with Gasteiger partial charge in [-0.05, 0) is 57.0 Å². The van der Waals surface area contributed by atoms with Gasteiger partial charge in [-0.2, -0.15) is 0 Å². The van der Waals surface area contributed by atoms with Crippen LogP contribution in [-0.2, 0) is 11.3 Å². The fourth-order valence-electron chi connectivity index (χ4n) is 3.85. The Morgan fingerprint density at radius 1 is 1.10 bits per heavy atom. The first kappa shape index (κ1) is 22.8. The predicted molar refractivity (Wildman–Crippen MR) is 125 cm³/mol. The molecule has 6 nitrogen and oxygen atoms in total. The number of hydrogen-bond donors (Lipinski definition) is 2. The van der Waals surface area contributed by atoms with Crippen LogP contribution in [0.15, 0.2) is 54.6 Å². The summed E-state index contributed by atoms with van der Waals surface area (Å²) in [5.74, 6) is 0.0633. The van der Waals surface area contributed by atoms with Gasteiger partial charge in [0.1, 0.15) is 0 Å². The summed E-state index contributed by atoms with van der Waals surface area (Å²) in [4.78, 5) is 29.2. The van der Waals surface area contributed by atoms with Crippen molar-refractivity contribution < 1.29 is 9.59 Å². The maximum absolute atomic E-state index is 12.6. The Labute approximate surface area is 185 Å². The number of carbonyl (C=O) groups excluding carboxylic acids is 2. The molecule has 31 heavy (non-hydrogen) atoms. The van der Waals surface area contributed by atoms with E-state index in [-0.39, 0.29) is 23.9 Å². The summed E-state index contributed by atoms with van der Waals surface area (Å²) in [5, 5.41) is 6.06. The summed E-state index contributed by atoms with van der Waals surface area (Å²) in [7, 11) is 2.08. The molecule has 0 radical (unpaired) electrons. The van der Waals surface area contributed by atoms with Crippen LogP contribution in [-0.4, -0.2) is 54.5 Å². The minimum Gasteiger partial charge on any atom is -0.354 e. The number of amides is 3. The molecule has 0 spiro atoms. The summed E-state index contributed by atoms with van der Waals surface area (Å²) in [6.45, 7) is 6.79. The van der Waals surface area contributed by atoms with Crippen molar-refractivity contribution in [2.24, 2.45) is 5.92 Å². The number of piperidine rings is 1. The fraction of sp³-hybridized carbons (Fsp3) is 0.440.